The molecule has 0 radical (unpaired) electrons. The predicted molar refractivity (Wildman–Crippen MR) is 98.6 cm³/mol. The highest BCUT2D eigenvalue weighted by molar-refractivity contribution is 7.98. The van der Waals surface area contributed by atoms with Crippen LogP contribution in [0.3, 0.4) is 0 Å². The number of benzene rings is 3. The van der Waals surface area contributed by atoms with E-state index in [1.165, 1.54) is 5.56 Å². The highest BCUT2D eigenvalue weighted by Gasteiger charge is 2.06. The summed E-state index contributed by atoms with van der Waals surface area (Å²) >= 11 is 1.65. The molecule has 3 rings (SSSR count). The van der Waals surface area contributed by atoms with Gasteiger partial charge in [0.25, 0.3) is 0 Å². The van der Waals surface area contributed by atoms with Gasteiger partial charge in [-0.15, -0.1) is 11.8 Å². The predicted octanol–water partition coefficient (Wildman–Crippen LogP) is 5.37. The number of thioether (sulfide) groups is 1. The lowest BCUT2D eigenvalue weighted by atomic mass is 10.2. The van der Waals surface area contributed by atoms with Crippen LogP contribution in [0.1, 0.15) is 21.5 Å². The van der Waals surface area contributed by atoms with Gasteiger partial charge in [0.15, 0.2) is 6.29 Å². The average Bonchev–Trinajstić information content (AvgIpc) is 2.66. The van der Waals surface area contributed by atoms with E-state index in [-0.39, 0.29) is 0 Å². The van der Waals surface area contributed by atoms with Crippen molar-refractivity contribution >= 4 is 18.0 Å². The maximum Gasteiger partial charge on any atom is 0.151 e. The molecule has 0 fully saturated rings. The molecule has 0 spiro atoms. The Morgan fingerprint density at radius 2 is 1.50 bits per heavy atom. The molecular weight excluding hydrogens is 316 g/mol. The minimum absolute atomic E-state index is 0.518. The highest BCUT2D eigenvalue weighted by Crippen LogP contribution is 2.29. The Hall–Kier alpha value is -2.52. The molecule has 0 atom stereocenters. The zero-order valence-corrected chi connectivity index (χ0v) is 14.0. The Kier molecular flexibility index (Phi) is 5.70. The van der Waals surface area contributed by atoms with Crippen LogP contribution in [0.15, 0.2) is 83.8 Å². The molecule has 0 heterocycles. The second-order valence-electron chi connectivity index (χ2n) is 5.37. The first-order valence-corrected chi connectivity index (χ1v) is 8.76. The average molecular weight is 334 g/mol. The summed E-state index contributed by atoms with van der Waals surface area (Å²) in [5.41, 5.74) is 3.05. The third kappa shape index (κ3) is 4.49. The second kappa shape index (κ2) is 8.37. The molecule has 0 bridgehead atoms. The third-order valence-corrected chi connectivity index (χ3v) is 4.74. The number of ether oxygens (including phenoxy) is 1. The van der Waals surface area contributed by atoms with Crippen LogP contribution in [-0.4, -0.2) is 6.29 Å². The van der Waals surface area contributed by atoms with Gasteiger partial charge in [0, 0.05) is 16.2 Å². The number of hydrogen-bond acceptors (Lipinski definition) is 3. The summed E-state index contributed by atoms with van der Waals surface area (Å²) in [7, 11) is 0. The molecule has 0 aliphatic rings. The van der Waals surface area contributed by atoms with Gasteiger partial charge in [0.2, 0.25) is 0 Å². The van der Waals surface area contributed by atoms with Gasteiger partial charge in [0.1, 0.15) is 12.4 Å². The molecule has 3 aromatic carbocycles. The maximum absolute atomic E-state index is 11.3. The summed E-state index contributed by atoms with van der Waals surface area (Å²) in [6, 6.07) is 25.9. The summed E-state index contributed by atoms with van der Waals surface area (Å²) < 4.78 is 5.85. The SMILES string of the molecule is O=Cc1ccc(OCc2ccccc2)cc1SCc1ccccc1. The molecule has 0 aliphatic heterocycles. The van der Waals surface area contributed by atoms with Crippen LogP contribution in [0.4, 0.5) is 0 Å². The topological polar surface area (TPSA) is 26.3 Å². The van der Waals surface area contributed by atoms with Crippen molar-refractivity contribution in [2.75, 3.05) is 0 Å². The fraction of sp³-hybridized carbons (Fsp3) is 0.0952. The fourth-order valence-corrected chi connectivity index (χ4v) is 3.30. The molecule has 3 aromatic rings. The molecule has 0 amide bonds. The van der Waals surface area contributed by atoms with Crippen molar-refractivity contribution in [2.24, 2.45) is 0 Å². The molecule has 24 heavy (non-hydrogen) atoms. The lowest BCUT2D eigenvalue weighted by Gasteiger charge is -2.10. The van der Waals surface area contributed by atoms with Crippen molar-refractivity contribution < 1.29 is 9.53 Å². The number of rotatable bonds is 7. The van der Waals surface area contributed by atoms with Crippen molar-refractivity contribution in [1.29, 1.82) is 0 Å². The summed E-state index contributed by atoms with van der Waals surface area (Å²) in [4.78, 5) is 12.2. The van der Waals surface area contributed by atoms with Crippen LogP contribution in [0.5, 0.6) is 5.75 Å². The van der Waals surface area contributed by atoms with Gasteiger partial charge >= 0.3 is 0 Å². The molecule has 2 nitrogen and oxygen atoms in total. The normalized spacial score (nSPS) is 10.3. The first kappa shape index (κ1) is 16.3. The van der Waals surface area contributed by atoms with Gasteiger partial charge in [-0.25, -0.2) is 0 Å². The van der Waals surface area contributed by atoms with E-state index in [9.17, 15) is 4.79 Å². The maximum atomic E-state index is 11.3. The monoisotopic (exact) mass is 334 g/mol. The van der Waals surface area contributed by atoms with Gasteiger partial charge in [-0.2, -0.15) is 0 Å². The van der Waals surface area contributed by atoms with E-state index in [1.807, 2.05) is 66.7 Å². The van der Waals surface area contributed by atoms with Crippen molar-refractivity contribution in [1.82, 2.24) is 0 Å². The molecule has 0 aliphatic carbocycles. The molecular formula is C21H18O2S. The van der Waals surface area contributed by atoms with E-state index in [0.717, 1.165) is 28.2 Å². The minimum atomic E-state index is 0.518. The quantitative estimate of drug-likeness (QED) is 0.429. The lowest BCUT2D eigenvalue weighted by Crippen LogP contribution is -1.96. The molecule has 0 saturated carbocycles. The molecule has 120 valence electrons. The van der Waals surface area contributed by atoms with Crippen LogP contribution in [0.2, 0.25) is 0 Å². The van der Waals surface area contributed by atoms with Crippen molar-refractivity contribution in [3.8, 4) is 5.75 Å². The first-order valence-electron chi connectivity index (χ1n) is 7.78. The summed E-state index contributed by atoms with van der Waals surface area (Å²) in [5, 5.41) is 0. The van der Waals surface area contributed by atoms with Crippen LogP contribution < -0.4 is 4.74 Å². The van der Waals surface area contributed by atoms with Crippen molar-refractivity contribution in [2.45, 2.75) is 17.3 Å². The lowest BCUT2D eigenvalue weighted by molar-refractivity contribution is 0.112. The largest absolute Gasteiger partial charge is 0.489 e. The minimum Gasteiger partial charge on any atom is -0.489 e. The zero-order valence-electron chi connectivity index (χ0n) is 13.2. The summed E-state index contributed by atoms with van der Waals surface area (Å²) in [6.45, 7) is 0.518. The molecule has 3 heteroatoms. The molecule has 0 aromatic heterocycles. The first-order chi connectivity index (χ1) is 11.8. The van der Waals surface area contributed by atoms with Gasteiger partial charge in [-0.05, 0) is 29.3 Å². The number of hydrogen-bond donors (Lipinski definition) is 0. The van der Waals surface area contributed by atoms with E-state index in [4.69, 9.17) is 4.74 Å². The smallest absolute Gasteiger partial charge is 0.151 e. The van der Waals surface area contributed by atoms with Crippen molar-refractivity contribution in [3.05, 3.63) is 95.6 Å². The van der Waals surface area contributed by atoms with Gasteiger partial charge < -0.3 is 4.74 Å². The number of carbonyl (C=O) groups excluding carboxylic acids is 1. The van der Waals surface area contributed by atoms with E-state index in [0.29, 0.717) is 12.2 Å². The Balaban J connectivity index is 1.69. The Bertz CT molecular complexity index is 785. The zero-order chi connectivity index (χ0) is 16.6. The third-order valence-electron chi connectivity index (χ3n) is 3.60. The highest BCUT2D eigenvalue weighted by atomic mass is 32.2. The van der Waals surface area contributed by atoms with Crippen LogP contribution in [-0.2, 0) is 12.4 Å². The second-order valence-corrected chi connectivity index (χ2v) is 6.38. The van der Waals surface area contributed by atoms with E-state index in [1.54, 1.807) is 11.8 Å². The van der Waals surface area contributed by atoms with E-state index < -0.39 is 0 Å². The van der Waals surface area contributed by atoms with Gasteiger partial charge in [-0.1, -0.05) is 60.7 Å². The number of carbonyl (C=O) groups is 1. The molecule has 0 N–H and O–H groups in total. The van der Waals surface area contributed by atoms with Crippen LogP contribution in [0.25, 0.3) is 0 Å². The Morgan fingerprint density at radius 3 is 2.17 bits per heavy atom. The number of aldehydes is 1. The Labute approximate surface area is 146 Å². The van der Waals surface area contributed by atoms with Crippen LogP contribution >= 0.6 is 11.8 Å². The van der Waals surface area contributed by atoms with Gasteiger partial charge in [0.05, 0.1) is 0 Å². The summed E-state index contributed by atoms with van der Waals surface area (Å²) in [6.07, 6.45) is 0.897. The fourth-order valence-electron chi connectivity index (χ4n) is 2.30. The molecule has 0 unspecified atom stereocenters. The van der Waals surface area contributed by atoms with Crippen LogP contribution in [0, 0.1) is 0 Å². The van der Waals surface area contributed by atoms with Gasteiger partial charge in [-0.3, -0.25) is 4.79 Å². The summed E-state index contributed by atoms with van der Waals surface area (Å²) in [5.74, 6) is 1.60. The standard InChI is InChI=1S/C21H18O2S/c22-14-19-11-12-20(23-15-17-7-3-1-4-8-17)13-21(19)24-16-18-9-5-2-6-10-18/h1-14H,15-16H2. The van der Waals surface area contributed by atoms with Crippen molar-refractivity contribution in [3.63, 3.8) is 0 Å². The van der Waals surface area contributed by atoms with E-state index >= 15 is 0 Å². The molecule has 0 saturated heterocycles. The Morgan fingerprint density at radius 1 is 0.833 bits per heavy atom. The van der Waals surface area contributed by atoms with E-state index in [2.05, 4.69) is 12.1 Å².